The van der Waals surface area contributed by atoms with E-state index in [0.29, 0.717) is 12.5 Å². The Hall–Kier alpha value is -2.27. The van der Waals surface area contributed by atoms with Gasteiger partial charge in [-0.15, -0.1) is 0 Å². The standard InChI is InChI=1S/C17H17N3OS/c1-12(2)22-14-10-18-16-15(14)17(20-11-19-16)21-9-8-13-6-4-3-5-7-13/h3-7,10-11H,1,8-9H2,2H3,(H,18,19,20). The Balaban J connectivity index is 1.78. The van der Waals surface area contributed by atoms with E-state index in [1.807, 2.05) is 31.3 Å². The second kappa shape index (κ2) is 6.66. The molecule has 2 heterocycles. The van der Waals surface area contributed by atoms with Gasteiger partial charge in [-0.05, 0) is 17.4 Å². The van der Waals surface area contributed by atoms with Crippen molar-refractivity contribution in [1.82, 2.24) is 15.0 Å². The first-order valence-electron chi connectivity index (χ1n) is 7.06. The zero-order valence-electron chi connectivity index (χ0n) is 12.4. The highest BCUT2D eigenvalue weighted by atomic mass is 32.2. The third-order valence-electron chi connectivity index (χ3n) is 3.16. The molecule has 22 heavy (non-hydrogen) atoms. The molecule has 112 valence electrons. The number of allylic oxidation sites excluding steroid dienone is 1. The van der Waals surface area contributed by atoms with Crippen LogP contribution in [0.4, 0.5) is 0 Å². The first-order chi connectivity index (χ1) is 10.7. The molecule has 0 bridgehead atoms. The molecule has 0 aliphatic rings. The van der Waals surface area contributed by atoms with E-state index in [4.69, 9.17) is 4.74 Å². The number of ether oxygens (including phenoxy) is 1. The molecule has 0 amide bonds. The molecule has 0 fully saturated rings. The molecule has 0 radical (unpaired) electrons. The summed E-state index contributed by atoms with van der Waals surface area (Å²) in [6, 6.07) is 10.3. The summed E-state index contributed by atoms with van der Waals surface area (Å²) < 4.78 is 5.89. The summed E-state index contributed by atoms with van der Waals surface area (Å²) in [7, 11) is 0. The highest BCUT2D eigenvalue weighted by Crippen LogP contribution is 2.35. The van der Waals surface area contributed by atoms with Crippen molar-refractivity contribution in [2.45, 2.75) is 18.2 Å². The van der Waals surface area contributed by atoms with Crippen LogP contribution in [0.3, 0.4) is 0 Å². The summed E-state index contributed by atoms with van der Waals surface area (Å²) >= 11 is 1.59. The Kier molecular flexibility index (Phi) is 4.44. The topological polar surface area (TPSA) is 50.8 Å². The average molecular weight is 311 g/mol. The van der Waals surface area contributed by atoms with Crippen molar-refractivity contribution in [2.75, 3.05) is 6.61 Å². The van der Waals surface area contributed by atoms with Gasteiger partial charge in [0.2, 0.25) is 5.88 Å². The van der Waals surface area contributed by atoms with Crippen molar-refractivity contribution in [1.29, 1.82) is 0 Å². The van der Waals surface area contributed by atoms with E-state index < -0.39 is 0 Å². The fraction of sp³-hybridized carbons (Fsp3) is 0.176. The van der Waals surface area contributed by atoms with Crippen LogP contribution in [0.1, 0.15) is 12.5 Å². The van der Waals surface area contributed by atoms with Gasteiger partial charge in [-0.25, -0.2) is 9.97 Å². The number of aromatic nitrogens is 3. The van der Waals surface area contributed by atoms with Gasteiger partial charge in [-0.2, -0.15) is 0 Å². The van der Waals surface area contributed by atoms with Gasteiger partial charge in [0, 0.05) is 17.5 Å². The Bertz CT molecular complexity index is 783. The maximum atomic E-state index is 5.89. The summed E-state index contributed by atoms with van der Waals surface area (Å²) in [6.07, 6.45) is 4.29. The number of aromatic amines is 1. The van der Waals surface area contributed by atoms with Crippen LogP contribution in [-0.2, 0) is 6.42 Å². The summed E-state index contributed by atoms with van der Waals surface area (Å²) in [5.41, 5.74) is 2.03. The number of H-pyrrole nitrogens is 1. The Morgan fingerprint density at radius 2 is 2.09 bits per heavy atom. The smallest absolute Gasteiger partial charge is 0.227 e. The number of nitrogens with one attached hydrogen (secondary N) is 1. The van der Waals surface area contributed by atoms with Gasteiger partial charge in [0.1, 0.15) is 12.0 Å². The Labute approximate surface area is 133 Å². The monoisotopic (exact) mass is 311 g/mol. The number of hydrogen-bond acceptors (Lipinski definition) is 4. The van der Waals surface area contributed by atoms with Crippen LogP contribution in [-0.4, -0.2) is 21.6 Å². The Morgan fingerprint density at radius 1 is 1.27 bits per heavy atom. The minimum absolute atomic E-state index is 0.582. The number of fused-ring (bicyclic) bond motifs is 1. The van der Waals surface area contributed by atoms with E-state index in [0.717, 1.165) is 27.3 Å². The number of benzene rings is 1. The van der Waals surface area contributed by atoms with Crippen LogP contribution in [0.25, 0.3) is 11.0 Å². The highest BCUT2D eigenvalue weighted by Gasteiger charge is 2.13. The molecule has 0 saturated heterocycles. The molecule has 1 N–H and O–H groups in total. The fourth-order valence-corrected chi connectivity index (χ4v) is 2.97. The number of rotatable bonds is 6. The molecule has 5 heteroatoms. The van der Waals surface area contributed by atoms with Crippen LogP contribution in [0, 0.1) is 0 Å². The lowest BCUT2D eigenvalue weighted by molar-refractivity contribution is 0.313. The molecule has 3 aromatic rings. The maximum Gasteiger partial charge on any atom is 0.227 e. The number of hydrogen-bond donors (Lipinski definition) is 1. The van der Waals surface area contributed by atoms with Gasteiger partial charge in [-0.1, -0.05) is 48.7 Å². The minimum Gasteiger partial charge on any atom is -0.477 e. The molecular formula is C17H17N3OS. The normalized spacial score (nSPS) is 10.8. The van der Waals surface area contributed by atoms with Crippen molar-refractivity contribution < 1.29 is 4.74 Å². The maximum absolute atomic E-state index is 5.89. The first-order valence-corrected chi connectivity index (χ1v) is 7.88. The summed E-state index contributed by atoms with van der Waals surface area (Å²) in [6.45, 7) is 6.49. The van der Waals surface area contributed by atoms with Gasteiger partial charge in [-0.3, -0.25) is 0 Å². The largest absolute Gasteiger partial charge is 0.477 e. The average Bonchev–Trinajstić information content (AvgIpc) is 2.92. The lowest BCUT2D eigenvalue weighted by atomic mass is 10.2. The van der Waals surface area contributed by atoms with Crippen molar-refractivity contribution in [3.05, 3.63) is 59.9 Å². The van der Waals surface area contributed by atoms with Gasteiger partial charge in [0.15, 0.2) is 0 Å². The number of nitrogens with zero attached hydrogens (tertiary/aromatic N) is 2. The molecule has 0 spiro atoms. The molecule has 3 rings (SSSR count). The molecule has 0 unspecified atom stereocenters. The van der Waals surface area contributed by atoms with Gasteiger partial charge in [0.25, 0.3) is 0 Å². The quantitative estimate of drug-likeness (QED) is 0.693. The molecule has 4 nitrogen and oxygen atoms in total. The predicted octanol–water partition coefficient (Wildman–Crippen LogP) is 4.21. The van der Waals surface area contributed by atoms with E-state index in [9.17, 15) is 0 Å². The Morgan fingerprint density at radius 3 is 2.86 bits per heavy atom. The summed E-state index contributed by atoms with van der Waals surface area (Å²) in [4.78, 5) is 13.7. The van der Waals surface area contributed by atoms with E-state index in [-0.39, 0.29) is 0 Å². The number of thioether (sulfide) groups is 1. The molecular weight excluding hydrogens is 294 g/mol. The molecule has 0 saturated carbocycles. The fourth-order valence-electron chi connectivity index (χ4n) is 2.19. The minimum atomic E-state index is 0.582. The summed E-state index contributed by atoms with van der Waals surface area (Å²) in [5.74, 6) is 0.617. The predicted molar refractivity (Wildman–Crippen MR) is 90.2 cm³/mol. The van der Waals surface area contributed by atoms with E-state index in [1.165, 1.54) is 11.9 Å². The molecule has 1 aromatic carbocycles. The third kappa shape index (κ3) is 3.31. The van der Waals surface area contributed by atoms with E-state index in [2.05, 4.69) is 33.7 Å². The van der Waals surface area contributed by atoms with Gasteiger partial charge < -0.3 is 9.72 Å². The van der Waals surface area contributed by atoms with Crippen molar-refractivity contribution in [3.8, 4) is 5.88 Å². The van der Waals surface area contributed by atoms with Crippen molar-refractivity contribution in [3.63, 3.8) is 0 Å². The lowest BCUT2D eigenvalue weighted by Gasteiger charge is -2.07. The van der Waals surface area contributed by atoms with Crippen LogP contribution in [0.5, 0.6) is 5.88 Å². The zero-order valence-corrected chi connectivity index (χ0v) is 13.2. The van der Waals surface area contributed by atoms with E-state index >= 15 is 0 Å². The molecule has 0 aliphatic heterocycles. The highest BCUT2D eigenvalue weighted by molar-refractivity contribution is 8.03. The van der Waals surface area contributed by atoms with Crippen LogP contribution >= 0.6 is 11.8 Å². The van der Waals surface area contributed by atoms with E-state index in [1.54, 1.807) is 11.8 Å². The second-order valence-corrected chi connectivity index (χ2v) is 6.28. The van der Waals surface area contributed by atoms with Crippen molar-refractivity contribution in [2.24, 2.45) is 0 Å². The van der Waals surface area contributed by atoms with Crippen LogP contribution in [0.2, 0.25) is 0 Å². The lowest BCUT2D eigenvalue weighted by Crippen LogP contribution is -2.03. The van der Waals surface area contributed by atoms with Gasteiger partial charge >= 0.3 is 0 Å². The summed E-state index contributed by atoms with van der Waals surface area (Å²) in [5, 5.41) is 0.920. The zero-order chi connectivity index (χ0) is 15.4. The third-order valence-corrected chi connectivity index (χ3v) is 4.05. The second-order valence-electron chi connectivity index (χ2n) is 4.94. The van der Waals surface area contributed by atoms with Crippen molar-refractivity contribution >= 4 is 22.8 Å². The SMILES string of the molecule is C=C(C)Sc1c[nH]c2ncnc(OCCc3ccccc3)c12. The van der Waals surface area contributed by atoms with Crippen LogP contribution < -0.4 is 4.74 Å². The molecule has 0 aliphatic carbocycles. The molecule has 2 aromatic heterocycles. The van der Waals surface area contributed by atoms with Gasteiger partial charge in [0.05, 0.1) is 12.0 Å². The van der Waals surface area contributed by atoms with Crippen LogP contribution in [0.15, 0.2) is 59.2 Å². The molecule has 0 atom stereocenters. The first kappa shape index (κ1) is 14.7.